The molecule has 1 aromatic heterocycles. The lowest BCUT2D eigenvalue weighted by molar-refractivity contribution is 0.311. The summed E-state index contributed by atoms with van der Waals surface area (Å²) in [5.74, 6) is 0. The van der Waals surface area contributed by atoms with Gasteiger partial charge in [0.15, 0.2) is 0 Å². The quantitative estimate of drug-likeness (QED) is 0.920. The Balaban J connectivity index is 2.00. The van der Waals surface area contributed by atoms with E-state index in [0.717, 1.165) is 10.1 Å². The third-order valence-electron chi connectivity index (χ3n) is 3.38. The second kappa shape index (κ2) is 5.27. The van der Waals surface area contributed by atoms with Crippen molar-refractivity contribution in [2.45, 2.75) is 17.2 Å². The molecule has 1 aliphatic rings. The lowest BCUT2D eigenvalue weighted by Gasteiger charge is -2.30. The van der Waals surface area contributed by atoms with Gasteiger partial charge in [0.05, 0.1) is 0 Å². The van der Waals surface area contributed by atoms with Gasteiger partial charge in [-0.05, 0) is 36.6 Å². The van der Waals surface area contributed by atoms with Gasteiger partial charge in [-0.2, -0.15) is 4.31 Å². The van der Waals surface area contributed by atoms with Gasteiger partial charge in [0.2, 0.25) is 0 Å². The van der Waals surface area contributed by atoms with E-state index in [1.165, 1.54) is 11.3 Å². The van der Waals surface area contributed by atoms with Gasteiger partial charge in [0.25, 0.3) is 10.0 Å². The fraction of sp³-hybridized carbons (Fsp3) is 0.385. The number of fused-ring (bicyclic) bond motifs is 1. The zero-order valence-corrected chi connectivity index (χ0v) is 13.4. The molecule has 7 heteroatoms. The maximum Gasteiger partial charge on any atom is 0.252 e. The van der Waals surface area contributed by atoms with Gasteiger partial charge >= 0.3 is 0 Å². The van der Waals surface area contributed by atoms with Crippen LogP contribution in [0.1, 0.15) is 6.92 Å². The van der Waals surface area contributed by atoms with Crippen LogP contribution >= 0.6 is 22.9 Å². The molecule has 0 amide bonds. The van der Waals surface area contributed by atoms with Crippen LogP contribution in [0, 0.1) is 0 Å². The van der Waals surface area contributed by atoms with Crippen LogP contribution in [0.25, 0.3) is 10.1 Å². The predicted octanol–water partition coefficient (Wildman–Crippen LogP) is 2.54. The summed E-state index contributed by atoms with van der Waals surface area (Å²) < 4.78 is 28.2. The van der Waals surface area contributed by atoms with E-state index in [9.17, 15) is 8.42 Å². The van der Waals surface area contributed by atoms with E-state index in [1.54, 1.807) is 22.5 Å². The third-order valence-corrected chi connectivity index (χ3v) is 7.05. The number of benzene rings is 1. The van der Waals surface area contributed by atoms with E-state index in [0.29, 0.717) is 28.9 Å². The Morgan fingerprint density at radius 3 is 2.95 bits per heavy atom. The molecule has 2 aromatic rings. The summed E-state index contributed by atoms with van der Waals surface area (Å²) in [4.78, 5) is 0. The van der Waals surface area contributed by atoms with Crippen molar-refractivity contribution in [1.29, 1.82) is 0 Å². The average Bonchev–Trinajstić information content (AvgIpc) is 2.82. The first-order valence-electron chi connectivity index (χ1n) is 6.39. The van der Waals surface area contributed by atoms with Gasteiger partial charge in [-0.15, -0.1) is 11.3 Å². The zero-order chi connectivity index (χ0) is 14.3. The number of nitrogens with zero attached hydrogens (tertiary/aromatic N) is 1. The second-order valence-corrected chi connectivity index (χ2v) is 8.65. The lowest BCUT2D eigenvalue weighted by Crippen LogP contribution is -2.51. The van der Waals surface area contributed by atoms with Crippen molar-refractivity contribution in [3.05, 3.63) is 29.3 Å². The Bertz CT molecular complexity index is 742. The highest BCUT2D eigenvalue weighted by molar-refractivity contribution is 7.91. The van der Waals surface area contributed by atoms with Crippen molar-refractivity contribution in [2.24, 2.45) is 0 Å². The molecule has 1 unspecified atom stereocenters. The van der Waals surface area contributed by atoms with Crippen LogP contribution in [0.15, 0.2) is 28.5 Å². The number of thiophene rings is 1. The van der Waals surface area contributed by atoms with E-state index in [2.05, 4.69) is 5.32 Å². The van der Waals surface area contributed by atoms with Crippen molar-refractivity contribution in [1.82, 2.24) is 9.62 Å². The van der Waals surface area contributed by atoms with Crippen molar-refractivity contribution in [2.75, 3.05) is 19.6 Å². The Kier molecular flexibility index (Phi) is 3.77. The number of halogens is 1. The number of piperazine rings is 1. The number of hydrogen-bond donors (Lipinski definition) is 1. The molecule has 1 atom stereocenters. The molecule has 1 fully saturated rings. The zero-order valence-electron chi connectivity index (χ0n) is 11.0. The molecule has 108 valence electrons. The second-order valence-electron chi connectivity index (χ2n) is 4.97. The molecule has 0 bridgehead atoms. The van der Waals surface area contributed by atoms with E-state index in [4.69, 9.17) is 11.6 Å². The van der Waals surface area contributed by atoms with Gasteiger partial charge in [-0.3, -0.25) is 0 Å². The first kappa shape index (κ1) is 14.3. The highest BCUT2D eigenvalue weighted by atomic mass is 35.5. The van der Waals surface area contributed by atoms with Gasteiger partial charge in [-0.1, -0.05) is 11.6 Å². The maximum absolute atomic E-state index is 12.7. The summed E-state index contributed by atoms with van der Waals surface area (Å²) in [5, 5.41) is 4.75. The molecule has 2 heterocycles. The van der Waals surface area contributed by atoms with E-state index in [1.807, 2.05) is 13.0 Å². The summed E-state index contributed by atoms with van der Waals surface area (Å²) in [6.07, 6.45) is 0. The average molecular weight is 331 g/mol. The highest BCUT2D eigenvalue weighted by Gasteiger charge is 2.29. The van der Waals surface area contributed by atoms with Crippen LogP contribution in [0.3, 0.4) is 0 Å². The van der Waals surface area contributed by atoms with Gasteiger partial charge in [-0.25, -0.2) is 8.42 Å². The molecule has 0 spiro atoms. The summed E-state index contributed by atoms with van der Waals surface area (Å²) in [7, 11) is -3.40. The van der Waals surface area contributed by atoms with Crippen LogP contribution in [-0.2, 0) is 10.0 Å². The first-order valence-corrected chi connectivity index (χ1v) is 9.03. The summed E-state index contributed by atoms with van der Waals surface area (Å²) >= 11 is 7.25. The fourth-order valence-corrected chi connectivity index (χ4v) is 5.60. The van der Waals surface area contributed by atoms with E-state index in [-0.39, 0.29) is 6.04 Å². The van der Waals surface area contributed by atoms with Crippen LogP contribution < -0.4 is 5.32 Å². The minimum atomic E-state index is -3.40. The predicted molar refractivity (Wildman–Crippen MR) is 83.1 cm³/mol. The molecule has 1 aromatic carbocycles. The Labute approximate surface area is 127 Å². The summed E-state index contributed by atoms with van der Waals surface area (Å²) in [6, 6.07) is 7.34. The minimum absolute atomic E-state index is 0.183. The molecule has 0 aliphatic carbocycles. The van der Waals surface area contributed by atoms with Crippen molar-refractivity contribution < 1.29 is 8.42 Å². The third kappa shape index (κ3) is 2.58. The Morgan fingerprint density at radius 2 is 2.20 bits per heavy atom. The Hall–Kier alpha value is -0.660. The Morgan fingerprint density at radius 1 is 1.40 bits per heavy atom. The molecule has 0 saturated carbocycles. The molecule has 1 N–H and O–H groups in total. The van der Waals surface area contributed by atoms with Gasteiger partial charge < -0.3 is 5.32 Å². The van der Waals surface area contributed by atoms with Crippen LogP contribution in [0.5, 0.6) is 0 Å². The largest absolute Gasteiger partial charge is 0.312 e. The minimum Gasteiger partial charge on any atom is -0.312 e. The first-order chi connectivity index (χ1) is 9.46. The number of nitrogens with one attached hydrogen (secondary N) is 1. The molecular weight excluding hydrogens is 316 g/mol. The van der Waals surface area contributed by atoms with Gasteiger partial charge in [0.1, 0.15) is 4.21 Å². The molecule has 20 heavy (non-hydrogen) atoms. The monoisotopic (exact) mass is 330 g/mol. The molecule has 3 rings (SSSR count). The standard InChI is InChI=1S/C13H15ClN2O2S2/c1-9-8-16(5-4-15-9)20(17,18)13-7-10-6-11(14)2-3-12(10)19-13/h2-3,6-7,9,15H,4-5,8H2,1H3. The van der Waals surface area contributed by atoms with Crippen LogP contribution in [0.2, 0.25) is 5.02 Å². The summed E-state index contributed by atoms with van der Waals surface area (Å²) in [5.41, 5.74) is 0. The van der Waals surface area contributed by atoms with E-state index < -0.39 is 10.0 Å². The van der Waals surface area contributed by atoms with Crippen molar-refractivity contribution >= 4 is 43.0 Å². The smallest absolute Gasteiger partial charge is 0.252 e. The normalized spacial score (nSPS) is 21.4. The highest BCUT2D eigenvalue weighted by Crippen LogP contribution is 2.32. The molecular formula is C13H15ClN2O2S2. The molecule has 4 nitrogen and oxygen atoms in total. The fourth-order valence-electron chi connectivity index (χ4n) is 2.36. The van der Waals surface area contributed by atoms with Crippen molar-refractivity contribution in [3.8, 4) is 0 Å². The molecule has 0 radical (unpaired) electrons. The van der Waals surface area contributed by atoms with Gasteiger partial charge in [0, 0.05) is 35.4 Å². The van der Waals surface area contributed by atoms with Crippen molar-refractivity contribution in [3.63, 3.8) is 0 Å². The summed E-state index contributed by atoms with van der Waals surface area (Å²) in [6.45, 7) is 3.71. The SMILES string of the molecule is CC1CN(S(=O)(=O)c2cc3cc(Cl)ccc3s2)CCN1. The van der Waals surface area contributed by atoms with Crippen LogP contribution in [-0.4, -0.2) is 38.4 Å². The molecule has 1 saturated heterocycles. The number of hydrogen-bond acceptors (Lipinski definition) is 4. The number of sulfonamides is 1. The lowest BCUT2D eigenvalue weighted by atomic mass is 10.3. The topological polar surface area (TPSA) is 49.4 Å². The van der Waals surface area contributed by atoms with Crippen LogP contribution in [0.4, 0.5) is 0 Å². The number of rotatable bonds is 2. The maximum atomic E-state index is 12.7. The molecule has 1 aliphatic heterocycles. The van der Waals surface area contributed by atoms with E-state index >= 15 is 0 Å².